The number of alkyl halides is 3. The molecule has 26 heavy (non-hydrogen) atoms. The van der Waals surface area contributed by atoms with Crippen LogP contribution in [-0.4, -0.2) is 43.9 Å². The number of nitrogens with zero attached hydrogens (tertiary/aromatic N) is 1. The van der Waals surface area contributed by atoms with E-state index >= 15 is 0 Å². The Balaban J connectivity index is 2.06. The van der Waals surface area contributed by atoms with Crippen molar-refractivity contribution in [2.24, 2.45) is 0 Å². The van der Waals surface area contributed by atoms with Crippen LogP contribution in [0.3, 0.4) is 0 Å². The Bertz CT molecular complexity index is 727. The molecule has 0 unspecified atom stereocenters. The Labute approximate surface area is 152 Å². The molecule has 2 aromatic carbocycles. The molecule has 3 rings (SSSR count). The highest BCUT2D eigenvalue weighted by Crippen LogP contribution is 2.40. The molecule has 2 aromatic rings. The van der Waals surface area contributed by atoms with Gasteiger partial charge in [-0.3, -0.25) is 4.90 Å². The SMILES string of the molecule is CCOc1ccc2ccccc2c1[C@H](CCC(F)(F)F)N1CCNCC1. The van der Waals surface area contributed by atoms with Crippen LogP contribution in [0.1, 0.15) is 31.4 Å². The second-order valence-corrected chi connectivity index (χ2v) is 6.59. The second kappa shape index (κ2) is 8.27. The summed E-state index contributed by atoms with van der Waals surface area (Å²) in [4.78, 5) is 2.16. The summed E-state index contributed by atoms with van der Waals surface area (Å²) in [6.45, 7) is 5.43. The van der Waals surface area contributed by atoms with Gasteiger partial charge >= 0.3 is 6.18 Å². The van der Waals surface area contributed by atoms with Gasteiger partial charge in [-0.05, 0) is 30.2 Å². The quantitative estimate of drug-likeness (QED) is 0.813. The van der Waals surface area contributed by atoms with Crippen LogP contribution in [-0.2, 0) is 0 Å². The Morgan fingerprint density at radius 2 is 1.85 bits per heavy atom. The van der Waals surface area contributed by atoms with Gasteiger partial charge in [-0.1, -0.05) is 30.3 Å². The summed E-state index contributed by atoms with van der Waals surface area (Å²) in [6, 6.07) is 11.4. The van der Waals surface area contributed by atoms with Crippen LogP contribution < -0.4 is 10.1 Å². The molecule has 1 fully saturated rings. The molecule has 1 saturated heterocycles. The molecular weight excluding hydrogens is 341 g/mol. The van der Waals surface area contributed by atoms with Gasteiger partial charge < -0.3 is 10.1 Å². The molecule has 1 heterocycles. The van der Waals surface area contributed by atoms with E-state index in [1.54, 1.807) is 0 Å². The number of hydrogen-bond donors (Lipinski definition) is 1. The van der Waals surface area contributed by atoms with E-state index in [0.29, 0.717) is 12.4 Å². The lowest BCUT2D eigenvalue weighted by Gasteiger charge is -2.36. The minimum Gasteiger partial charge on any atom is -0.494 e. The topological polar surface area (TPSA) is 24.5 Å². The van der Waals surface area contributed by atoms with Crippen molar-refractivity contribution in [3.63, 3.8) is 0 Å². The van der Waals surface area contributed by atoms with Crippen LogP contribution >= 0.6 is 0 Å². The first kappa shape index (κ1) is 19.0. The first-order valence-electron chi connectivity index (χ1n) is 9.15. The third kappa shape index (κ3) is 4.48. The maximum Gasteiger partial charge on any atom is 0.389 e. The van der Waals surface area contributed by atoms with E-state index in [1.165, 1.54) is 0 Å². The second-order valence-electron chi connectivity index (χ2n) is 6.59. The lowest BCUT2D eigenvalue weighted by atomic mass is 9.93. The highest BCUT2D eigenvalue weighted by Gasteiger charge is 2.33. The fourth-order valence-electron chi connectivity index (χ4n) is 3.70. The fourth-order valence-corrected chi connectivity index (χ4v) is 3.70. The Morgan fingerprint density at radius 1 is 1.12 bits per heavy atom. The van der Waals surface area contributed by atoms with Gasteiger partial charge in [-0.25, -0.2) is 0 Å². The number of fused-ring (bicyclic) bond motifs is 1. The van der Waals surface area contributed by atoms with E-state index in [1.807, 2.05) is 43.3 Å². The van der Waals surface area contributed by atoms with Gasteiger partial charge in [0, 0.05) is 44.2 Å². The zero-order valence-corrected chi connectivity index (χ0v) is 15.0. The first-order valence-corrected chi connectivity index (χ1v) is 9.15. The van der Waals surface area contributed by atoms with Gasteiger partial charge in [-0.2, -0.15) is 13.2 Å². The van der Waals surface area contributed by atoms with E-state index in [-0.39, 0.29) is 12.5 Å². The van der Waals surface area contributed by atoms with Gasteiger partial charge in [0.15, 0.2) is 0 Å². The standard InChI is InChI=1S/C20H25F3N2O/c1-2-26-18-8-7-15-5-3-4-6-16(15)19(18)17(9-10-20(21,22)23)25-13-11-24-12-14-25/h3-8,17,24H,2,9-14H2,1H3/t17-/m0/s1. The van der Waals surface area contributed by atoms with E-state index in [0.717, 1.165) is 42.5 Å². The molecule has 0 aliphatic carbocycles. The van der Waals surface area contributed by atoms with Crippen molar-refractivity contribution < 1.29 is 17.9 Å². The first-order chi connectivity index (χ1) is 12.5. The van der Waals surface area contributed by atoms with Gasteiger partial charge in [-0.15, -0.1) is 0 Å². The Kier molecular flexibility index (Phi) is 6.04. The van der Waals surface area contributed by atoms with Crippen molar-refractivity contribution in [3.05, 3.63) is 42.0 Å². The molecule has 0 saturated carbocycles. The smallest absolute Gasteiger partial charge is 0.389 e. The highest BCUT2D eigenvalue weighted by atomic mass is 19.4. The number of benzene rings is 2. The normalized spacial score (nSPS) is 17.4. The van der Waals surface area contributed by atoms with Crippen molar-refractivity contribution in [1.29, 1.82) is 0 Å². The Hall–Kier alpha value is -1.79. The summed E-state index contributed by atoms with van der Waals surface area (Å²) in [5.74, 6) is 0.692. The predicted octanol–water partition coefficient (Wildman–Crippen LogP) is 4.53. The average Bonchev–Trinajstić information content (AvgIpc) is 2.63. The molecule has 1 atom stereocenters. The number of halogens is 3. The van der Waals surface area contributed by atoms with Gasteiger partial charge in [0.2, 0.25) is 0 Å². The Morgan fingerprint density at radius 3 is 2.54 bits per heavy atom. The molecule has 0 amide bonds. The largest absolute Gasteiger partial charge is 0.494 e. The van der Waals surface area contributed by atoms with Crippen LogP contribution in [0.15, 0.2) is 36.4 Å². The van der Waals surface area contributed by atoms with E-state index in [2.05, 4.69) is 10.2 Å². The average molecular weight is 366 g/mol. The van der Waals surface area contributed by atoms with Crippen molar-refractivity contribution in [3.8, 4) is 5.75 Å². The predicted molar refractivity (Wildman–Crippen MR) is 97.6 cm³/mol. The maximum absolute atomic E-state index is 13.0. The molecule has 6 heteroatoms. The van der Waals surface area contributed by atoms with Crippen molar-refractivity contribution in [1.82, 2.24) is 10.2 Å². The highest BCUT2D eigenvalue weighted by molar-refractivity contribution is 5.88. The molecule has 3 nitrogen and oxygen atoms in total. The molecule has 1 aliphatic rings. The number of ether oxygens (including phenoxy) is 1. The van der Waals surface area contributed by atoms with Crippen LogP contribution in [0.2, 0.25) is 0 Å². The molecular formula is C20H25F3N2O. The molecule has 0 aromatic heterocycles. The summed E-state index contributed by atoms with van der Waals surface area (Å²) in [7, 11) is 0. The number of nitrogens with one attached hydrogen (secondary N) is 1. The molecule has 142 valence electrons. The van der Waals surface area contributed by atoms with Crippen LogP contribution in [0.5, 0.6) is 5.75 Å². The van der Waals surface area contributed by atoms with Gasteiger partial charge in [0.25, 0.3) is 0 Å². The lowest BCUT2D eigenvalue weighted by Crippen LogP contribution is -2.45. The minimum absolute atomic E-state index is 0.0393. The minimum atomic E-state index is -4.16. The third-order valence-corrected chi connectivity index (χ3v) is 4.86. The van der Waals surface area contributed by atoms with Gasteiger partial charge in [0.05, 0.1) is 6.61 Å². The van der Waals surface area contributed by atoms with Crippen molar-refractivity contribution in [2.45, 2.75) is 32.0 Å². The monoisotopic (exact) mass is 366 g/mol. The maximum atomic E-state index is 13.0. The number of rotatable bonds is 6. The van der Waals surface area contributed by atoms with Crippen LogP contribution in [0, 0.1) is 0 Å². The van der Waals surface area contributed by atoms with Crippen LogP contribution in [0.4, 0.5) is 13.2 Å². The van der Waals surface area contributed by atoms with Crippen molar-refractivity contribution >= 4 is 10.8 Å². The lowest BCUT2D eigenvalue weighted by molar-refractivity contribution is -0.138. The fraction of sp³-hybridized carbons (Fsp3) is 0.500. The molecule has 0 bridgehead atoms. The summed E-state index contributed by atoms with van der Waals surface area (Å²) < 4.78 is 44.8. The zero-order valence-electron chi connectivity index (χ0n) is 15.0. The summed E-state index contributed by atoms with van der Waals surface area (Å²) in [6.07, 6.45) is -4.92. The number of hydrogen-bond acceptors (Lipinski definition) is 3. The van der Waals surface area contributed by atoms with Gasteiger partial charge in [0.1, 0.15) is 5.75 Å². The third-order valence-electron chi connectivity index (χ3n) is 4.86. The van der Waals surface area contributed by atoms with E-state index in [9.17, 15) is 13.2 Å². The molecule has 1 aliphatic heterocycles. The summed E-state index contributed by atoms with van der Waals surface area (Å²) >= 11 is 0. The zero-order chi connectivity index (χ0) is 18.6. The molecule has 0 radical (unpaired) electrons. The number of piperazine rings is 1. The van der Waals surface area contributed by atoms with Crippen molar-refractivity contribution in [2.75, 3.05) is 32.8 Å². The summed E-state index contributed by atoms with van der Waals surface area (Å²) in [5, 5.41) is 5.28. The van der Waals surface area contributed by atoms with E-state index < -0.39 is 12.6 Å². The summed E-state index contributed by atoms with van der Waals surface area (Å²) in [5.41, 5.74) is 0.885. The van der Waals surface area contributed by atoms with E-state index in [4.69, 9.17) is 4.74 Å². The molecule has 0 spiro atoms. The van der Waals surface area contributed by atoms with Crippen LogP contribution in [0.25, 0.3) is 10.8 Å². The molecule has 1 N–H and O–H groups in total.